The number of hydrogen-bond donors (Lipinski definition) is 1. The van der Waals surface area contributed by atoms with Crippen molar-refractivity contribution in [2.24, 2.45) is 0 Å². The molecule has 0 radical (unpaired) electrons. The van der Waals surface area contributed by atoms with Gasteiger partial charge in [0, 0.05) is 19.5 Å². The third-order valence-corrected chi connectivity index (χ3v) is 1.97. The highest BCUT2D eigenvalue weighted by atomic mass is 16.5. The van der Waals surface area contributed by atoms with Gasteiger partial charge >= 0.3 is 0 Å². The lowest BCUT2D eigenvalue weighted by molar-refractivity contribution is -0.108. The van der Waals surface area contributed by atoms with Gasteiger partial charge in [-0.3, -0.25) is 4.68 Å². The van der Waals surface area contributed by atoms with Crippen molar-refractivity contribution < 1.29 is 9.53 Å². The summed E-state index contributed by atoms with van der Waals surface area (Å²) in [4.78, 5) is 10.1. The van der Waals surface area contributed by atoms with Crippen LogP contribution in [0.2, 0.25) is 0 Å². The second-order valence-corrected chi connectivity index (χ2v) is 3.48. The average molecular weight is 211 g/mol. The summed E-state index contributed by atoms with van der Waals surface area (Å²) in [6.45, 7) is 4.45. The smallest absolute Gasteiger partial charge is 0.256 e. The Labute approximate surface area is 89.4 Å². The summed E-state index contributed by atoms with van der Waals surface area (Å²) in [5.41, 5.74) is 0.842. The highest BCUT2D eigenvalue weighted by molar-refractivity contribution is 5.51. The molecule has 0 aromatic carbocycles. The van der Waals surface area contributed by atoms with Gasteiger partial charge in [-0.15, -0.1) is 5.10 Å². The quantitative estimate of drug-likeness (QED) is 0.572. The summed E-state index contributed by atoms with van der Waals surface area (Å²) < 4.78 is 7.20. The Morgan fingerprint density at radius 1 is 1.67 bits per heavy atom. The first kappa shape index (κ1) is 11.6. The molecule has 0 saturated heterocycles. The van der Waals surface area contributed by atoms with E-state index in [0.29, 0.717) is 24.9 Å². The van der Waals surface area contributed by atoms with Crippen LogP contribution in [0.4, 0.5) is 5.69 Å². The van der Waals surface area contributed by atoms with Crippen LogP contribution in [0.25, 0.3) is 0 Å². The summed E-state index contributed by atoms with van der Waals surface area (Å²) >= 11 is 0. The predicted molar refractivity (Wildman–Crippen MR) is 58.3 cm³/mol. The zero-order valence-electron chi connectivity index (χ0n) is 9.36. The van der Waals surface area contributed by atoms with Crippen LogP contribution in [-0.2, 0) is 4.79 Å². The molecule has 15 heavy (non-hydrogen) atoms. The lowest BCUT2D eigenvalue weighted by Crippen LogP contribution is -2.03. The number of ether oxygens (including phenoxy) is 1. The van der Waals surface area contributed by atoms with E-state index in [1.165, 1.54) is 0 Å². The van der Waals surface area contributed by atoms with Crippen molar-refractivity contribution >= 4 is 12.0 Å². The Balaban J connectivity index is 2.71. The van der Waals surface area contributed by atoms with Crippen LogP contribution >= 0.6 is 0 Å². The van der Waals surface area contributed by atoms with Crippen LogP contribution in [0.3, 0.4) is 0 Å². The minimum atomic E-state index is 0.292. The molecule has 0 bridgehead atoms. The normalized spacial score (nSPS) is 10.4. The van der Waals surface area contributed by atoms with Gasteiger partial charge in [-0.2, -0.15) is 0 Å². The Hall–Kier alpha value is -1.52. The molecular weight excluding hydrogens is 194 g/mol. The van der Waals surface area contributed by atoms with Crippen molar-refractivity contribution in [3.8, 4) is 5.88 Å². The summed E-state index contributed by atoms with van der Waals surface area (Å²) in [6, 6.07) is 0.292. The molecular formula is C10H17N3O2. The summed E-state index contributed by atoms with van der Waals surface area (Å²) in [5.74, 6) is 0.549. The fraction of sp³-hybridized carbons (Fsp3) is 0.600. The molecule has 5 nitrogen and oxygen atoms in total. The Morgan fingerprint density at radius 2 is 2.40 bits per heavy atom. The van der Waals surface area contributed by atoms with Crippen LogP contribution in [0.1, 0.15) is 26.3 Å². The van der Waals surface area contributed by atoms with E-state index in [9.17, 15) is 4.79 Å². The fourth-order valence-corrected chi connectivity index (χ4v) is 1.12. The standard InChI is InChI=1S/C10H17N3O2/c1-8(2)13-7-9(11-3)10(12-13)15-6-4-5-14/h5,7-8,11H,4,6H2,1-3H3. The number of carbonyl (C=O) groups excluding carboxylic acids is 1. The van der Waals surface area contributed by atoms with E-state index in [-0.39, 0.29) is 0 Å². The van der Waals surface area contributed by atoms with Gasteiger partial charge in [0.2, 0.25) is 0 Å². The van der Waals surface area contributed by atoms with Gasteiger partial charge in [0.25, 0.3) is 5.88 Å². The fourth-order valence-electron chi connectivity index (χ4n) is 1.12. The number of anilines is 1. The molecule has 0 fully saturated rings. The molecule has 1 N–H and O–H groups in total. The number of aldehydes is 1. The third-order valence-electron chi connectivity index (χ3n) is 1.97. The molecule has 0 aliphatic heterocycles. The zero-order chi connectivity index (χ0) is 11.3. The molecule has 0 amide bonds. The molecule has 0 spiro atoms. The Morgan fingerprint density at radius 3 is 2.93 bits per heavy atom. The van der Waals surface area contributed by atoms with E-state index in [1.54, 1.807) is 0 Å². The summed E-state index contributed by atoms with van der Waals surface area (Å²) in [6.07, 6.45) is 3.11. The minimum Gasteiger partial charge on any atom is -0.475 e. The number of nitrogens with one attached hydrogen (secondary N) is 1. The number of carbonyl (C=O) groups is 1. The monoisotopic (exact) mass is 211 g/mol. The van der Waals surface area contributed by atoms with Crippen molar-refractivity contribution in [2.45, 2.75) is 26.3 Å². The lowest BCUT2D eigenvalue weighted by atomic mass is 10.4. The molecule has 0 aliphatic carbocycles. The van der Waals surface area contributed by atoms with Crippen molar-refractivity contribution in [2.75, 3.05) is 19.0 Å². The van der Waals surface area contributed by atoms with Gasteiger partial charge < -0.3 is 14.8 Å². The number of rotatable bonds is 6. The van der Waals surface area contributed by atoms with Crippen molar-refractivity contribution in [3.63, 3.8) is 0 Å². The van der Waals surface area contributed by atoms with Gasteiger partial charge in [-0.1, -0.05) is 0 Å². The van der Waals surface area contributed by atoms with Crippen molar-refractivity contribution in [1.29, 1.82) is 0 Å². The third kappa shape index (κ3) is 2.97. The maximum atomic E-state index is 10.1. The largest absolute Gasteiger partial charge is 0.475 e. The lowest BCUT2D eigenvalue weighted by Gasteiger charge is -2.03. The molecule has 1 heterocycles. The molecule has 0 aliphatic rings. The topological polar surface area (TPSA) is 56.1 Å². The van der Waals surface area contributed by atoms with E-state index >= 15 is 0 Å². The summed E-state index contributed by atoms with van der Waals surface area (Å²) in [7, 11) is 1.81. The molecule has 0 unspecified atom stereocenters. The summed E-state index contributed by atoms with van der Waals surface area (Å²) in [5, 5.41) is 7.27. The van der Waals surface area contributed by atoms with Crippen LogP contribution in [-0.4, -0.2) is 29.7 Å². The maximum absolute atomic E-state index is 10.1. The Bertz CT molecular complexity index is 320. The van der Waals surface area contributed by atoms with Gasteiger partial charge in [0.1, 0.15) is 12.0 Å². The first-order valence-electron chi connectivity index (χ1n) is 5.02. The van der Waals surface area contributed by atoms with E-state index in [0.717, 1.165) is 12.0 Å². The van der Waals surface area contributed by atoms with Gasteiger partial charge in [-0.05, 0) is 13.8 Å². The van der Waals surface area contributed by atoms with E-state index in [1.807, 2.05) is 31.8 Å². The molecule has 1 rings (SSSR count). The van der Waals surface area contributed by atoms with Crippen molar-refractivity contribution in [3.05, 3.63) is 6.20 Å². The number of hydrogen-bond acceptors (Lipinski definition) is 4. The molecule has 1 aromatic rings. The number of aromatic nitrogens is 2. The van der Waals surface area contributed by atoms with Crippen LogP contribution < -0.4 is 10.1 Å². The van der Waals surface area contributed by atoms with E-state index < -0.39 is 0 Å². The minimum absolute atomic E-state index is 0.292. The van der Waals surface area contributed by atoms with Gasteiger partial charge in [-0.25, -0.2) is 0 Å². The van der Waals surface area contributed by atoms with Crippen LogP contribution in [0, 0.1) is 0 Å². The number of nitrogens with zero attached hydrogens (tertiary/aromatic N) is 2. The van der Waals surface area contributed by atoms with Crippen LogP contribution in [0.5, 0.6) is 5.88 Å². The van der Waals surface area contributed by atoms with Gasteiger partial charge in [0.05, 0.1) is 12.8 Å². The highest BCUT2D eigenvalue weighted by Gasteiger charge is 2.10. The molecule has 84 valence electrons. The van der Waals surface area contributed by atoms with E-state index in [4.69, 9.17) is 4.74 Å². The highest BCUT2D eigenvalue weighted by Crippen LogP contribution is 2.23. The molecule has 1 aromatic heterocycles. The second-order valence-electron chi connectivity index (χ2n) is 3.48. The maximum Gasteiger partial charge on any atom is 0.256 e. The molecule has 5 heteroatoms. The Kier molecular flexibility index (Phi) is 4.15. The van der Waals surface area contributed by atoms with E-state index in [2.05, 4.69) is 10.4 Å². The van der Waals surface area contributed by atoms with Crippen molar-refractivity contribution in [1.82, 2.24) is 9.78 Å². The first-order valence-corrected chi connectivity index (χ1v) is 5.02. The van der Waals surface area contributed by atoms with Crippen LogP contribution in [0.15, 0.2) is 6.20 Å². The molecule has 0 atom stereocenters. The molecule has 0 saturated carbocycles. The first-order chi connectivity index (χ1) is 7.19. The zero-order valence-corrected chi connectivity index (χ0v) is 9.36. The SMILES string of the molecule is CNc1cn(C(C)C)nc1OCCC=O. The van der Waals surface area contributed by atoms with Gasteiger partial charge in [0.15, 0.2) is 0 Å². The second kappa shape index (κ2) is 5.38. The average Bonchev–Trinajstić information content (AvgIpc) is 2.62. The predicted octanol–water partition coefficient (Wildman–Crippen LogP) is 1.47.